The number of ether oxygens (including phenoxy) is 1. The van der Waals surface area contributed by atoms with E-state index in [-0.39, 0.29) is 30.4 Å². The number of anilines is 1. The van der Waals surface area contributed by atoms with Crippen molar-refractivity contribution in [3.05, 3.63) is 75.9 Å². The fourth-order valence-corrected chi connectivity index (χ4v) is 5.62. The summed E-state index contributed by atoms with van der Waals surface area (Å²) in [7, 11) is 0. The second kappa shape index (κ2) is 10.1. The maximum absolute atomic E-state index is 13.2. The number of nitrogens with zero attached hydrogens (tertiary/aromatic N) is 3. The van der Waals surface area contributed by atoms with Crippen LogP contribution in [0.2, 0.25) is 5.02 Å². The number of benzene rings is 2. The second-order valence-electron chi connectivity index (χ2n) is 9.81. The van der Waals surface area contributed by atoms with Gasteiger partial charge in [-0.05, 0) is 48.4 Å². The molecular formula is C28H28ClN5O3. The van der Waals surface area contributed by atoms with Crippen molar-refractivity contribution in [2.45, 2.75) is 44.3 Å². The third-order valence-corrected chi connectivity index (χ3v) is 7.64. The SMILES string of the molecule is O=C(CN1Cc2ccc(-c3nc(NC4CCOCC4)ncc3Cl)cc2C1=O)N[C@H]1CCc2ccccc21. The van der Waals surface area contributed by atoms with Gasteiger partial charge in [-0.1, -0.05) is 48.0 Å². The Morgan fingerprint density at radius 1 is 1.11 bits per heavy atom. The minimum absolute atomic E-state index is 0.000712. The zero-order valence-electron chi connectivity index (χ0n) is 20.4. The topological polar surface area (TPSA) is 96.5 Å². The molecule has 2 N–H and O–H groups in total. The number of aromatic nitrogens is 2. The summed E-state index contributed by atoms with van der Waals surface area (Å²) >= 11 is 6.45. The molecule has 1 aromatic heterocycles. The lowest BCUT2D eigenvalue weighted by molar-refractivity contribution is -0.122. The Labute approximate surface area is 220 Å². The first-order chi connectivity index (χ1) is 18.0. The van der Waals surface area contributed by atoms with Crippen molar-refractivity contribution in [2.75, 3.05) is 25.1 Å². The number of fused-ring (bicyclic) bond motifs is 2. The molecule has 3 heterocycles. The van der Waals surface area contributed by atoms with E-state index in [4.69, 9.17) is 16.3 Å². The first-order valence-corrected chi connectivity index (χ1v) is 13.1. The van der Waals surface area contributed by atoms with Gasteiger partial charge >= 0.3 is 0 Å². The van der Waals surface area contributed by atoms with Crippen LogP contribution in [0.3, 0.4) is 0 Å². The summed E-state index contributed by atoms with van der Waals surface area (Å²) in [6.07, 6.45) is 5.21. The van der Waals surface area contributed by atoms with Crippen LogP contribution in [0.15, 0.2) is 48.7 Å². The predicted octanol–water partition coefficient (Wildman–Crippen LogP) is 4.15. The third kappa shape index (κ3) is 4.91. The summed E-state index contributed by atoms with van der Waals surface area (Å²) in [6.45, 7) is 1.85. The Morgan fingerprint density at radius 3 is 2.81 bits per heavy atom. The van der Waals surface area contributed by atoms with E-state index in [0.29, 0.717) is 42.0 Å². The molecule has 1 aliphatic carbocycles. The molecule has 37 heavy (non-hydrogen) atoms. The average Bonchev–Trinajstić information content (AvgIpc) is 3.46. The lowest BCUT2D eigenvalue weighted by atomic mass is 10.0. The molecular weight excluding hydrogens is 490 g/mol. The fourth-order valence-electron chi connectivity index (χ4n) is 5.42. The van der Waals surface area contributed by atoms with Crippen LogP contribution in [0.25, 0.3) is 11.3 Å². The minimum Gasteiger partial charge on any atom is -0.381 e. The molecule has 1 fully saturated rings. The lowest BCUT2D eigenvalue weighted by Gasteiger charge is -2.23. The van der Waals surface area contributed by atoms with Crippen molar-refractivity contribution in [3.63, 3.8) is 0 Å². The van der Waals surface area contributed by atoms with Gasteiger partial charge in [-0.2, -0.15) is 0 Å². The molecule has 3 aromatic rings. The number of aryl methyl sites for hydroxylation is 1. The van der Waals surface area contributed by atoms with Crippen LogP contribution < -0.4 is 10.6 Å². The summed E-state index contributed by atoms with van der Waals surface area (Å²) in [5, 5.41) is 6.89. The van der Waals surface area contributed by atoms with Crippen LogP contribution in [-0.2, 0) is 22.5 Å². The number of hydrogen-bond donors (Lipinski definition) is 2. The largest absolute Gasteiger partial charge is 0.381 e. The Kier molecular flexibility index (Phi) is 6.52. The third-order valence-electron chi connectivity index (χ3n) is 7.36. The molecule has 2 aliphatic heterocycles. The molecule has 0 unspecified atom stereocenters. The van der Waals surface area contributed by atoms with Crippen LogP contribution in [0.5, 0.6) is 0 Å². The maximum Gasteiger partial charge on any atom is 0.254 e. The maximum atomic E-state index is 13.2. The van der Waals surface area contributed by atoms with Gasteiger partial charge in [0.05, 0.1) is 23.0 Å². The van der Waals surface area contributed by atoms with E-state index in [1.165, 1.54) is 11.1 Å². The molecule has 0 spiro atoms. The Bertz CT molecular complexity index is 1360. The average molecular weight is 518 g/mol. The second-order valence-corrected chi connectivity index (χ2v) is 10.2. The summed E-state index contributed by atoms with van der Waals surface area (Å²) in [5.74, 6) is 0.195. The van der Waals surface area contributed by atoms with Crippen molar-refractivity contribution in [2.24, 2.45) is 0 Å². The minimum atomic E-state index is -0.162. The van der Waals surface area contributed by atoms with Crippen molar-refractivity contribution < 1.29 is 14.3 Å². The molecule has 1 saturated heterocycles. The quantitative estimate of drug-likeness (QED) is 0.510. The molecule has 0 bridgehead atoms. The van der Waals surface area contributed by atoms with E-state index in [0.717, 1.165) is 36.8 Å². The zero-order valence-corrected chi connectivity index (χ0v) is 21.1. The number of rotatable bonds is 6. The van der Waals surface area contributed by atoms with Gasteiger partial charge in [0.15, 0.2) is 0 Å². The van der Waals surface area contributed by atoms with E-state index < -0.39 is 0 Å². The molecule has 2 amide bonds. The molecule has 190 valence electrons. The smallest absolute Gasteiger partial charge is 0.254 e. The lowest BCUT2D eigenvalue weighted by Crippen LogP contribution is -2.38. The molecule has 1 atom stereocenters. The van der Waals surface area contributed by atoms with Crippen LogP contribution >= 0.6 is 11.6 Å². The first kappa shape index (κ1) is 23.9. The molecule has 8 nitrogen and oxygen atoms in total. The summed E-state index contributed by atoms with van der Waals surface area (Å²) in [6, 6.07) is 14.1. The molecule has 0 saturated carbocycles. The number of carbonyl (C=O) groups excluding carboxylic acids is 2. The van der Waals surface area contributed by atoms with Crippen LogP contribution in [0, 0.1) is 0 Å². The van der Waals surface area contributed by atoms with Gasteiger partial charge in [0.25, 0.3) is 5.91 Å². The number of amides is 2. The molecule has 9 heteroatoms. The molecule has 2 aromatic carbocycles. The summed E-state index contributed by atoms with van der Waals surface area (Å²) in [4.78, 5) is 36.6. The normalized spacial score (nSPS) is 19.0. The van der Waals surface area contributed by atoms with Crippen molar-refractivity contribution in [1.29, 1.82) is 0 Å². The van der Waals surface area contributed by atoms with E-state index in [1.807, 2.05) is 30.3 Å². The first-order valence-electron chi connectivity index (χ1n) is 12.7. The zero-order chi connectivity index (χ0) is 25.4. The number of hydrogen-bond acceptors (Lipinski definition) is 6. The highest BCUT2D eigenvalue weighted by Crippen LogP contribution is 2.33. The van der Waals surface area contributed by atoms with Crippen LogP contribution in [-0.4, -0.2) is 52.5 Å². The molecule has 0 radical (unpaired) electrons. The van der Waals surface area contributed by atoms with Gasteiger partial charge < -0.3 is 20.3 Å². The highest BCUT2D eigenvalue weighted by Gasteiger charge is 2.31. The van der Waals surface area contributed by atoms with Crippen molar-refractivity contribution in [3.8, 4) is 11.3 Å². The highest BCUT2D eigenvalue weighted by molar-refractivity contribution is 6.33. The number of halogens is 1. The van der Waals surface area contributed by atoms with Gasteiger partial charge in [0, 0.05) is 36.9 Å². The van der Waals surface area contributed by atoms with Gasteiger partial charge in [-0.3, -0.25) is 9.59 Å². The standard InChI is InChI=1S/C28H28ClN5O3/c29-23-14-30-28(31-20-9-11-37-12-10-20)33-26(23)18-5-6-19-15-34(27(36)22(19)13-18)16-25(35)32-24-8-7-17-3-1-2-4-21(17)24/h1-6,13-14,20,24H,7-12,15-16H2,(H,32,35)(H,30,31,33)/t24-/m0/s1. The number of nitrogens with one attached hydrogen (secondary N) is 2. The molecule has 6 rings (SSSR count). The fraction of sp³-hybridized carbons (Fsp3) is 0.357. The Morgan fingerprint density at radius 2 is 1.95 bits per heavy atom. The molecule has 3 aliphatic rings. The Hall–Kier alpha value is -3.49. The van der Waals surface area contributed by atoms with E-state index in [1.54, 1.807) is 11.1 Å². The van der Waals surface area contributed by atoms with E-state index in [9.17, 15) is 9.59 Å². The van der Waals surface area contributed by atoms with Crippen molar-refractivity contribution in [1.82, 2.24) is 20.2 Å². The van der Waals surface area contributed by atoms with Crippen LogP contribution in [0.1, 0.15) is 52.4 Å². The van der Waals surface area contributed by atoms with Gasteiger partial charge in [-0.25, -0.2) is 9.97 Å². The van der Waals surface area contributed by atoms with Gasteiger partial charge in [0.2, 0.25) is 11.9 Å². The number of carbonyl (C=O) groups is 2. The highest BCUT2D eigenvalue weighted by atomic mass is 35.5. The van der Waals surface area contributed by atoms with E-state index in [2.05, 4.69) is 32.7 Å². The Balaban J connectivity index is 1.14. The summed E-state index contributed by atoms with van der Waals surface area (Å²) < 4.78 is 5.42. The predicted molar refractivity (Wildman–Crippen MR) is 140 cm³/mol. The summed E-state index contributed by atoms with van der Waals surface area (Å²) in [5.41, 5.74) is 5.22. The monoisotopic (exact) mass is 517 g/mol. The van der Waals surface area contributed by atoms with E-state index >= 15 is 0 Å². The van der Waals surface area contributed by atoms with Gasteiger partial charge in [-0.15, -0.1) is 0 Å². The van der Waals surface area contributed by atoms with Crippen molar-refractivity contribution >= 4 is 29.4 Å². The van der Waals surface area contributed by atoms with Crippen LogP contribution in [0.4, 0.5) is 5.95 Å². The van der Waals surface area contributed by atoms with Gasteiger partial charge in [0.1, 0.15) is 6.54 Å².